The third-order valence-corrected chi connectivity index (χ3v) is 2.48. The first kappa shape index (κ1) is 10.8. The number of esters is 1. The van der Waals surface area contributed by atoms with E-state index in [4.69, 9.17) is 11.0 Å². The van der Waals surface area contributed by atoms with Crippen molar-refractivity contribution < 1.29 is 9.53 Å². The highest BCUT2D eigenvalue weighted by molar-refractivity contribution is 14.1. The Morgan fingerprint density at radius 1 is 1.64 bits per heavy atom. The maximum atomic E-state index is 11.3. The lowest BCUT2D eigenvalue weighted by Gasteiger charge is -2.05. The Hall–Kier alpha value is -1.29. The molecule has 0 aliphatic heterocycles. The number of para-hydroxylation sites is 1. The summed E-state index contributed by atoms with van der Waals surface area (Å²) >= 11 is 2.02. The monoisotopic (exact) mass is 302 g/mol. The number of carbonyl (C=O) groups excluding carboxylic acids is 1. The number of carbonyl (C=O) groups is 1. The first-order valence-electron chi connectivity index (χ1n) is 3.75. The fourth-order valence-electron chi connectivity index (χ4n) is 0.891. The molecule has 72 valence electrons. The number of benzene rings is 1. The minimum Gasteiger partial charge on any atom is -0.447 e. The molecule has 0 fully saturated rings. The smallest absolute Gasteiger partial charge is 0.341 e. The van der Waals surface area contributed by atoms with Crippen LogP contribution in [-0.2, 0) is 4.74 Å². The van der Waals surface area contributed by atoms with Crippen LogP contribution in [0.15, 0.2) is 18.2 Å². The van der Waals surface area contributed by atoms with E-state index in [-0.39, 0.29) is 6.61 Å². The predicted molar refractivity (Wildman–Crippen MR) is 59.5 cm³/mol. The second-order valence-corrected chi connectivity index (χ2v) is 3.60. The Labute approximate surface area is 94.8 Å². The summed E-state index contributed by atoms with van der Waals surface area (Å²) in [4.78, 5) is 11.3. The van der Waals surface area contributed by atoms with Gasteiger partial charge in [0.2, 0.25) is 0 Å². The van der Waals surface area contributed by atoms with E-state index >= 15 is 0 Å². The van der Waals surface area contributed by atoms with Crippen LogP contribution in [0.25, 0.3) is 0 Å². The van der Waals surface area contributed by atoms with Crippen LogP contribution in [-0.4, -0.2) is 12.6 Å². The van der Waals surface area contributed by atoms with Gasteiger partial charge < -0.3 is 10.5 Å². The summed E-state index contributed by atoms with van der Waals surface area (Å²) in [5.74, 6) is -0.567. The molecule has 1 aromatic rings. The largest absolute Gasteiger partial charge is 0.447 e. The molecule has 0 radical (unpaired) electrons. The quantitative estimate of drug-likeness (QED) is 0.511. The zero-order chi connectivity index (χ0) is 10.6. The number of nitrogens with zero attached hydrogens (tertiary/aromatic N) is 1. The van der Waals surface area contributed by atoms with Crippen LogP contribution in [0.4, 0.5) is 5.69 Å². The van der Waals surface area contributed by atoms with E-state index in [0.29, 0.717) is 11.3 Å². The minimum absolute atomic E-state index is 0.260. The molecule has 0 saturated carbocycles. The van der Waals surface area contributed by atoms with Gasteiger partial charge >= 0.3 is 5.97 Å². The maximum Gasteiger partial charge on any atom is 0.341 e. The lowest BCUT2D eigenvalue weighted by Crippen LogP contribution is -2.09. The Balaban J connectivity index is 2.91. The Kier molecular flexibility index (Phi) is 3.71. The van der Waals surface area contributed by atoms with E-state index in [1.165, 1.54) is 0 Å². The topological polar surface area (TPSA) is 76.1 Å². The second kappa shape index (κ2) is 4.81. The van der Waals surface area contributed by atoms with Crippen LogP contribution in [0.2, 0.25) is 0 Å². The number of hydrogen-bond donors (Lipinski definition) is 1. The summed E-state index contributed by atoms with van der Waals surface area (Å²) in [6.45, 7) is -0.260. The van der Waals surface area contributed by atoms with Crippen molar-refractivity contribution in [3.8, 4) is 6.07 Å². The standard InChI is InChI=1S/C9H7IN2O2/c10-7-3-1-2-6(8(7)12)9(13)14-5-4-11/h1-3H,5,12H2. The predicted octanol–water partition coefficient (Wildman–Crippen LogP) is 1.55. The summed E-state index contributed by atoms with van der Waals surface area (Å²) in [5.41, 5.74) is 6.35. The number of halogens is 1. The fourth-order valence-corrected chi connectivity index (χ4v) is 1.39. The van der Waals surface area contributed by atoms with Gasteiger partial charge in [-0.15, -0.1) is 0 Å². The molecule has 0 amide bonds. The third kappa shape index (κ3) is 2.35. The van der Waals surface area contributed by atoms with Gasteiger partial charge in [0, 0.05) is 3.57 Å². The van der Waals surface area contributed by atoms with Crippen LogP contribution >= 0.6 is 22.6 Å². The van der Waals surface area contributed by atoms with E-state index < -0.39 is 5.97 Å². The molecule has 0 atom stereocenters. The number of ether oxygens (including phenoxy) is 1. The summed E-state index contributed by atoms with van der Waals surface area (Å²) in [6.07, 6.45) is 0. The van der Waals surface area contributed by atoms with Gasteiger partial charge in [0.15, 0.2) is 6.61 Å². The molecule has 1 rings (SSSR count). The molecule has 0 unspecified atom stereocenters. The van der Waals surface area contributed by atoms with Gasteiger partial charge in [-0.2, -0.15) is 5.26 Å². The minimum atomic E-state index is -0.567. The number of nitrogens with two attached hydrogens (primary N) is 1. The molecule has 5 heteroatoms. The van der Waals surface area contributed by atoms with E-state index in [2.05, 4.69) is 4.74 Å². The maximum absolute atomic E-state index is 11.3. The SMILES string of the molecule is N#CCOC(=O)c1cccc(I)c1N. The lowest BCUT2D eigenvalue weighted by atomic mass is 10.2. The third-order valence-electron chi connectivity index (χ3n) is 1.54. The van der Waals surface area contributed by atoms with E-state index in [9.17, 15) is 4.79 Å². The van der Waals surface area contributed by atoms with Crippen molar-refractivity contribution in [2.75, 3.05) is 12.3 Å². The van der Waals surface area contributed by atoms with Crippen LogP contribution in [0.3, 0.4) is 0 Å². The van der Waals surface area contributed by atoms with Crippen molar-refractivity contribution in [2.45, 2.75) is 0 Å². The van der Waals surface area contributed by atoms with Gasteiger partial charge in [0.05, 0.1) is 11.3 Å². The van der Waals surface area contributed by atoms with Crippen LogP contribution < -0.4 is 5.73 Å². The molecular weight excluding hydrogens is 295 g/mol. The van der Waals surface area contributed by atoms with Gasteiger partial charge in [-0.25, -0.2) is 4.79 Å². The highest BCUT2D eigenvalue weighted by Gasteiger charge is 2.12. The van der Waals surface area contributed by atoms with E-state index in [0.717, 1.165) is 3.57 Å². The Morgan fingerprint density at radius 3 is 3.00 bits per heavy atom. The number of nitriles is 1. The van der Waals surface area contributed by atoms with Crippen molar-refractivity contribution in [2.24, 2.45) is 0 Å². The zero-order valence-corrected chi connectivity index (χ0v) is 9.32. The van der Waals surface area contributed by atoms with Crippen molar-refractivity contribution >= 4 is 34.2 Å². The van der Waals surface area contributed by atoms with Gasteiger partial charge in [0.1, 0.15) is 6.07 Å². The molecular formula is C9H7IN2O2. The summed E-state index contributed by atoms with van der Waals surface area (Å²) in [5, 5.41) is 8.23. The molecule has 0 aliphatic carbocycles. The Bertz CT molecular complexity index is 398. The number of rotatable bonds is 2. The summed E-state index contributed by atoms with van der Waals surface area (Å²) in [6, 6.07) is 6.78. The molecule has 0 saturated heterocycles. The highest BCUT2D eigenvalue weighted by atomic mass is 127. The highest BCUT2D eigenvalue weighted by Crippen LogP contribution is 2.19. The van der Waals surface area contributed by atoms with Gasteiger partial charge in [-0.1, -0.05) is 6.07 Å². The molecule has 0 aromatic heterocycles. The molecule has 0 aliphatic rings. The van der Waals surface area contributed by atoms with E-state index in [1.54, 1.807) is 24.3 Å². The summed E-state index contributed by atoms with van der Waals surface area (Å²) < 4.78 is 5.42. The lowest BCUT2D eigenvalue weighted by molar-refractivity contribution is 0.0556. The molecule has 0 bridgehead atoms. The first-order chi connectivity index (χ1) is 6.66. The van der Waals surface area contributed by atoms with Crippen LogP contribution in [0.1, 0.15) is 10.4 Å². The van der Waals surface area contributed by atoms with Crippen LogP contribution in [0, 0.1) is 14.9 Å². The normalized spacial score (nSPS) is 9.14. The van der Waals surface area contributed by atoms with Gasteiger partial charge in [0.25, 0.3) is 0 Å². The van der Waals surface area contributed by atoms with Crippen LogP contribution in [0.5, 0.6) is 0 Å². The van der Waals surface area contributed by atoms with Gasteiger partial charge in [-0.3, -0.25) is 0 Å². The van der Waals surface area contributed by atoms with E-state index in [1.807, 2.05) is 22.6 Å². The van der Waals surface area contributed by atoms with Crippen molar-refractivity contribution in [3.05, 3.63) is 27.3 Å². The first-order valence-corrected chi connectivity index (χ1v) is 4.82. The van der Waals surface area contributed by atoms with Crippen molar-refractivity contribution in [1.82, 2.24) is 0 Å². The zero-order valence-electron chi connectivity index (χ0n) is 7.16. The molecule has 0 spiro atoms. The molecule has 2 N–H and O–H groups in total. The number of hydrogen-bond acceptors (Lipinski definition) is 4. The van der Waals surface area contributed by atoms with Gasteiger partial charge in [-0.05, 0) is 34.7 Å². The second-order valence-electron chi connectivity index (χ2n) is 2.44. The average molecular weight is 302 g/mol. The fraction of sp³-hybridized carbons (Fsp3) is 0.111. The Morgan fingerprint density at radius 2 is 2.36 bits per heavy atom. The molecule has 4 nitrogen and oxygen atoms in total. The average Bonchev–Trinajstić information content (AvgIpc) is 2.18. The summed E-state index contributed by atoms with van der Waals surface area (Å²) in [7, 11) is 0. The molecule has 14 heavy (non-hydrogen) atoms. The number of anilines is 1. The van der Waals surface area contributed by atoms with Crippen molar-refractivity contribution in [3.63, 3.8) is 0 Å². The van der Waals surface area contributed by atoms with Crippen molar-refractivity contribution in [1.29, 1.82) is 5.26 Å². The molecule has 0 heterocycles. The molecule has 1 aromatic carbocycles. The number of nitrogen functional groups attached to an aromatic ring is 1.